The van der Waals surface area contributed by atoms with Crippen LogP contribution in [0.5, 0.6) is 0 Å². The maximum absolute atomic E-state index is 14.8. The summed E-state index contributed by atoms with van der Waals surface area (Å²) in [6, 6.07) is 8.70. The maximum atomic E-state index is 14.8. The predicted octanol–water partition coefficient (Wildman–Crippen LogP) is 4.37. The lowest BCUT2D eigenvalue weighted by atomic mass is 10.0. The molecule has 2 aliphatic rings. The van der Waals surface area contributed by atoms with Crippen LogP contribution in [0.3, 0.4) is 0 Å². The van der Waals surface area contributed by atoms with Crippen molar-refractivity contribution in [1.29, 1.82) is 0 Å². The summed E-state index contributed by atoms with van der Waals surface area (Å²) in [4.78, 5) is 30.9. The summed E-state index contributed by atoms with van der Waals surface area (Å²) in [5.74, 6) is 0.542. The Labute approximate surface area is 201 Å². The molecule has 7 nitrogen and oxygen atoms in total. The number of anilines is 3. The number of benzene rings is 1. The Hall–Kier alpha value is -3.12. The van der Waals surface area contributed by atoms with Crippen molar-refractivity contribution >= 4 is 32.6 Å². The van der Waals surface area contributed by atoms with E-state index in [2.05, 4.69) is 53.2 Å². The monoisotopic (exact) mass is 478 g/mol. The van der Waals surface area contributed by atoms with Gasteiger partial charge in [-0.1, -0.05) is 25.1 Å². The fourth-order valence-corrected chi connectivity index (χ4v) is 4.82. The van der Waals surface area contributed by atoms with Crippen molar-refractivity contribution in [2.45, 2.75) is 37.9 Å². The molecule has 34 heavy (non-hydrogen) atoms. The zero-order valence-electron chi connectivity index (χ0n) is 19.3. The van der Waals surface area contributed by atoms with E-state index in [0.717, 1.165) is 32.5 Å². The molecule has 0 spiro atoms. The molecule has 2 fully saturated rings. The molecule has 176 valence electrons. The van der Waals surface area contributed by atoms with Gasteiger partial charge in [0.05, 0.1) is 11.3 Å². The fraction of sp³-hybridized carbons (Fsp3) is 0.360. The number of carbonyl (C=O) groups is 1. The molecular formula is C25H28FN6OP. The Morgan fingerprint density at radius 2 is 1.91 bits per heavy atom. The Morgan fingerprint density at radius 1 is 1.15 bits per heavy atom. The van der Waals surface area contributed by atoms with E-state index < -0.39 is 0 Å². The van der Waals surface area contributed by atoms with Crippen molar-refractivity contribution in [2.75, 3.05) is 34.8 Å². The molecule has 3 unspecified atom stereocenters. The fourth-order valence-electron chi connectivity index (χ4n) is 4.47. The molecule has 0 radical (unpaired) electrons. The molecule has 0 aliphatic carbocycles. The summed E-state index contributed by atoms with van der Waals surface area (Å²) in [6.07, 6.45) is 6.83. The van der Waals surface area contributed by atoms with Crippen molar-refractivity contribution in [1.82, 2.24) is 15.0 Å². The maximum Gasteiger partial charge on any atom is 0.258 e. The first-order chi connectivity index (χ1) is 16.3. The minimum absolute atomic E-state index is 0.0502. The van der Waals surface area contributed by atoms with Crippen LogP contribution in [0.25, 0.3) is 11.1 Å². The molecule has 0 bridgehead atoms. The Morgan fingerprint density at radius 3 is 2.53 bits per heavy atom. The SMILES string of the molecule is CC1CCN1c1ncc(C(=O)Nc2c(-c3ccccc3F)ccnc2N2CCC(C)(P)C2)cn1. The number of amides is 1. The lowest BCUT2D eigenvalue weighted by molar-refractivity contribution is 0.102. The summed E-state index contributed by atoms with van der Waals surface area (Å²) in [5.41, 5.74) is 1.82. The summed E-state index contributed by atoms with van der Waals surface area (Å²) >= 11 is 0. The highest BCUT2D eigenvalue weighted by molar-refractivity contribution is 7.19. The van der Waals surface area contributed by atoms with Gasteiger partial charge < -0.3 is 15.1 Å². The van der Waals surface area contributed by atoms with Crippen molar-refractivity contribution in [3.63, 3.8) is 0 Å². The zero-order chi connectivity index (χ0) is 23.9. The van der Waals surface area contributed by atoms with Gasteiger partial charge in [0.2, 0.25) is 5.95 Å². The van der Waals surface area contributed by atoms with Crippen LogP contribution < -0.4 is 15.1 Å². The number of nitrogens with zero attached hydrogens (tertiary/aromatic N) is 5. The molecule has 3 atom stereocenters. The van der Waals surface area contributed by atoms with Crippen LogP contribution in [0, 0.1) is 5.82 Å². The third kappa shape index (κ3) is 4.34. The van der Waals surface area contributed by atoms with E-state index >= 15 is 0 Å². The third-order valence-corrected chi connectivity index (χ3v) is 7.09. The van der Waals surface area contributed by atoms with Gasteiger partial charge in [-0.25, -0.2) is 19.3 Å². The first-order valence-corrected chi connectivity index (χ1v) is 12.1. The van der Waals surface area contributed by atoms with Gasteiger partial charge in [0.15, 0.2) is 5.82 Å². The largest absolute Gasteiger partial charge is 0.354 e. The van der Waals surface area contributed by atoms with Crippen molar-refractivity contribution in [3.8, 4) is 11.1 Å². The number of carbonyl (C=O) groups excluding carboxylic acids is 1. The van der Waals surface area contributed by atoms with Crippen LogP contribution in [0.4, 0.5) is 21.8 Å². The minimum Gasteiger partial charge on any atom is -0.354 e. The first kappa shape index (κ1) is 22.7. The standard InChI is InChI=1S/C25H28FN6OP/c1-16-8-11-32(16)24-28-13-17(14-29-24)23(33)30-21-19(18-5-3-4-6-20(18)26)7-10-27-22(21)31-12-9-25(2,34)15-31/h3-7,10,13-14,16H,8-9,11-12,15,34H2,1-2H3,(H,30,33). The first-order valence-electron chi connectivity index (χ1n) is 11.5. The smallest absolute Gasteiger partial charge is 0.258 e. The second-order valence-corrected chi connectivity index (χ2v) is 10.8. The lowest BCUT2D eigenvalue weighted by Gasteiger charge is -2.38. The molecule has 9 heteroatoms. The van der Waals surface area contributed by atoms with Crippen LogP contribution in [-0.2, 0) is 0 Å². The molecule has 1 aromatic carbocycles. The van der Waals surface area contributed by atoms with Gasteiger partial charge in [0.1, 0.15) is 5.82 Å². The van der Waals surface area contributed by atoms with E-state index in [4.69, 9.17) is 0 Å². The number of nitrogens with one attached hydrogen (secondary N) is 1. The van der Waals surface area contributed by atoms with E-state index in [1.165, 1.54) is 18.5 Å². The molecular weight excluding hydrogens is 450 g/mol. The van der Waals surface area contributed by atoms with Crippen LogP contribution >= 0.6 is 9.24 Å². The summed E-state index contributed by atoms with van der Waals surface area (Å²) in [7, 11) is 2.90. The van der Waals surface area contributed by atoms with Crippen LogP contribution in [0.1, 0.15) is 37.0 Å². The van der Waals surface area contributed by atoms with Crippen LogP contribution in [-0.4, -0.2) is 51.7 Å². The summed E-state index contributed by atoms with van der Waals surface area (Å²) < 4.78 is 14.8. The molecule has 1 N–H and O–H groups in total. The third-order valence-electron chi connectivity index (χ3n) is 6.62. The minimum atomic E-state index is -0.358. The number of hydrogen-bond donors (Lipinski definition) is 1. The average Bonchev–Trinajstić information content (AvgIpc) is 3.18. The number of rotatable bonds is 5. The summed E-state index contributed by atoms with van der Waals surface area (Å²) in [6.45, 7) is 6.78. The molecule has 3 aromatic rings. The van der Waals surface area contributed by atoms with Crippen molar-refractivity contribution < 1.29 is 9.18 Å². The topological polar surface area (TPSA) is 74.2 Å². The Kier molecular flexibility index (Phi) is 5.94. The van der Waals surface area contributed by atoms with E-state index in [1.807, 2.05) is 0 Å². The highest BCUT2D eigenvalue weighted by atomic mass is 31.0. The molecule has 2 aromatic heterocycles. The highest BCUT2D eigenvalue weighted by Gasteiger charge is 2.32. The Balaban J connectivity index is 1.50. The highest BCUT2D eigenvalue weighted by Crippen LogP contribution is 2.40. The Bertz CT molecular complexity index is 1220. The van der Waals surface area contributed by atoms with Crippen LogP contribution in [0.15, 0.2) is 48.9 Å². The van der Waals surface area contributed by atoms with E-state index in [1.54, 1.807) is 30.5 Å². The van der Waals surface area contributed by atoms with Gasteiger partial charge in [0, 0.05) is 60.5 Å². The van der Waals surface area contributed by atoms with Gasteiger partial charge in [-0.05, 0) is 31.9 Å². The van der Waals surface area contributed by atoms with Gasteiger partial charge in [-0.2, -0.15) is 0 Å². The van der Waals surface area contributed by atoms with E-state index in [-0.39, 0.29) is 16.9 Å². The molecule has 1 amide bonds. The normalized spacial score (nSPS) is 21.9. The second-order valence-electron chi connectivity index (χ2n) is 9.42. The molecule has 0 saturated carbocycles. The van der Waals surface area contributed by atoms with Gasteiger partial charge >= 0.3 is 0 Å². The van der Waals surface area contributed by atoms with E-state index in [9.17, 15) is 9.18 Å². The van der Waals surface area contributed by atoms with E-state index in [0.29, 0.717) is 40.2 Å². The molecule has 2 aliphatic heterocycles. The van der Waals surface area contributed by atoms with Gasteiger partial charge in [0.25, 0.3) is 5.91 Å². The predicted molar refractivity (Wildman–Crippen MR) is 136 cm³/mol. The van der Waals surface area contributed by atoms with Gasteiger partial charge in [-0.15, -0.1) is 9.24 Å². The summed E-state index contributed by atoms with van der Waals surface area (Å²) in [5, 5.41) is 3.05. The van der Waals surface area contributed by atoms with Crippen molar-refractivity contribution in [2.24, 2.45) is 0 Å². The molecule has 2 saturated heterocycles. The van der Waals surface area contributed by atoms with Crippen LogP contribution in [0.2, 0.25) is 0 Å². The number of pyridine rings is 1. The quantitative estimate of drug-likeness (QED) is 0.549. The second kappa shape index (κ2) is 8.91. The number of halogens is 1. The van der Waals surface area contributed by atoms with Crippen molar-refractivity contribution in [3.05, 3.63) is 60.3 Å². The molecule has 4 heterocycles. The zero-order valence-corrected chi connectivity index (χ0v) is 20.5. The number of aromatic nitrogens is 3. The molecule has 5 rings (SSSR count). The van der Waals surface area contributed by atoms with Gasteiger partial charge in [-0.3, -0.25) is 4.79 Å². The lowest BCUT2D eigenvalue weighted by Crippen LogP contribution is -2.46. The number of hydrogen-bond acceptors (Lipinski definition) is 6. The average molecular weight is 479 g/mol.